The second-order valence-electron chi connectivity index (χ2n) is 4.48. The van der Waals surface area contributed by atoms with Crippen LogP contribution in [0, 0.1) is 5.92 Å². The van der Waals surface area contributed by atoms with Crippen LogP contribution in [0.5, 0.6) is 0 Å². The van der Waals surface area contributed by atoms with E-state index in [0.29, 0.717) is 12.8 Å². The monoisotopic (exact) mass is 250 g/mol. The van der Waals surface area contributed by atoms with Crippen LogP contribution in [-0.2, 0) is 4.79 Å². The fourth-order valence-electron chi connectivity index (χ4n) is 2.41. The highest BCUT2D eigenvalue weighted by Gasteiger charge is 2.50. The van der Waals surface area contributed by atoms with Gasteiger partial charge in [-0.3, -0.25) is 10.1 Å². The topological polar surface area (TPSA) is 49.4 Å². The zero-order valence-corrected chi connectivity index (χ0v) is 9.09. The first-order chi connectivity index (χ1) is 7.89. The third kappa shape index (κ3) is 2.37. The van der Waals surface area contributed by atoms with Gasteiger partial charge in [-0.2, -0.15) is 13.2 Å². The summed E-state index contributed by atoms with van der Waals surface area (Å²) in [6.07, 6.45) is -1.34. The Labute approximate surface area is 96.1 Å². The van der Waals surface area contributed by atoms with E-state index in [-0.39, 0.29) is 6.04 Å². The largest absolute Gasteiger partial charge is 0.402 e. The number of alkyl halides is 3. The van der Waals surface area contributed by atoms with Gasteiger partial charge in [-0.05, 0) is 12.8 Å². The van der Waals surface area contributed by atoms with Crippen molar-refractivity contribution in [1.82, 2.24) is 10.2 Å². The van der Waals surface area contributed by atoms with E-state index in [4.69, 9.17) is 0 Å². The van der Waals surface area contributed by atoms with E-state index in [1.807, 2.05) is 0 Å². The molecule has 1 unspecified atom stereocenters. The lowest BCUT2D eigenvalue weighted by atomic mass is 10.0. The van der Waals surface area contributed by atoms with E-state index in [9.17, 15) is 22.8 Å². The molecule has 0 spiro atoms. The molecule has 0 aromatic heterocycles. The maximum atomic E-state index is 12.6. The molecular weight excluding hydrogens is 237 g/mol. The average Bonchev–Trinajstić information content (AvgIpc) is 2.68. The van der Waals surface area contributed by atoms with Crippen molar-refractivity contribution in [2.45, 2.75) is 37.9 Å². The highest BCUT2D eigenvalue weighted by molar-refractivity contribution is 5.98. The second-order valence-corrected chi connectivity index (χ2v) is 4.48. The summed E-state index contributed by atoms with van der Waals surface area (Å²) >= 11 is 0. The summed E-state index contributed by atoms with van der Waals surface area (Å²) in [4.78, 5) is 23.8. The van der Waals surface area contributed by atoms with E-state index in [0.717, 1.165) is 17.7 Å². The minimum atomic E-state index is -4.60. The van der Waals surface area contributed by atoms with E-state index < -0.39 is 30.6 Å². The first kappa shape index (κ1) is 12.2. The smallest absolute Gasteiger partial charge is 0.320 e. The third-order valence-electron chi connectivity index (χ3n) is 3.35. The van der Waals surface area contributed by atoms with Crippen LogP contribution in [0.15, 0.2) is 0 Å². The number of halogens is 3. The van der Waals surface area contributed by atoms with Gasteiger partial charge in [0.25, 0.3) is 0 Å². The average molecular weight is 250 g/mol. The van der Waals surface area contributed by atoms with E-state index in [1.54, 1.807) is 5.32 Å². The predicted molar refractivity (Wildman–Crippen MR) is 52.0 cm³/mol. The Morgan fingerprint density at radius 1 is 1.18 bits per heavy atom. The fraction of sp³-hybridized carbons (Fsp3) is 0.800. The molecule has 96 valence electrons. The molecule has 1 heterocycles. The summed E-state index contributed by atoms with van der Waals surface area (Å²) in [6.45, 7) is -0.543. The van der Waals surface area contributed by atoms with Crippen molar-refractivity contribution >= 4 is 11.9 Å². The summed E-state index contributed by atoms with van der Waals surface area (Å²) < 4.78 is 37.7. The lowest BCUT2D eigenvalue weighted by Gasteiger charge is -2.36. The van der Waals surface area contributed by atoms with Gasteiger partial charge < -0.3 is 4.90 Å². The van der Waals surface area contributed by atoms with Crippen LogP contribution in [0.4, 0.5) is 18.0 Å². The van der Waals surface area contributed by atoms with Gasteiger partial charge in [-0.1, -0.05) is 12.8 Å². The van der Waals surface area contributed by atoms with Gasteiger partial charge in [0.15, 0.2) is 5.92 Å². The number of hydrogen-bond donors (Lipinski definition) is 1. The molecule has 1 atom stereocenters. The van der Waals surface area contributed by atoms with Crippen molar-refractivity contribution in [1.29, 1.82) is 0 Å². The number of imide groups is 1. The van der Waals surface area contributed by atoms with E-state index >= 15 is 0 Å². The van der Waals surface area contributed by atoms with Gasteiger partial charge in [0, 0.05) is 12.6 Å². The highest BCUT2D eigenvalue weighted by Crippen LogP contribution is 2.32. The number of urea groups is 1. The molecule has 1 N–H and O–H groups in total. The molecule has 1 aliphatic carbocycles. The molecule has 2 aliphatic rings. The standard InChI is InChI=1S/C10H13F3N2O2/c11-10(12,13)7-5-15(6-3-1-2-4-6)9(17)14-8(7)16/h6-7H,1-5H2,(H,14,16,17). The number of hydrogen-bond acceptors (Lipinski definition) is 2. The molecule has 1 saturated heterocycles. The number of nitrogens with zero attached hydrogens (tertiary/aromatic N) is 1. The molecular formula is C10H13F3N2O2. The molecule has 0 radical (unpaired) electrons. The summed E-state index contributed by atoms with van der Waals surface area (Å²) in [5.41, 5.74) is 0. The van der Waals surface area contributed by atoms with Gasteiger partial charge in [0.1, 0.15) is 0 Å². The van der Waals surface area contributed by atoms with Crippen LogP contribution in [-0.4, -0.2) is 35.6 Å². The Kier molecular flexibility index (Phi) is 3.01. The molecule has 4 nitrogen and oxygen atoms in total. The van der Waals surface area contributed by atoms with Crippen molar-refractivity contribution < 1.29 is 22.8 Å². The second kappa shape index (κ2) is 4.19. The summed E-state index contributed by atoms with van der Waals surface area (Å²) in [7, 11) is 0. The quantitative estimate of drug-likeness (QED) is 0.769. The number of carbonyl (C=O) groups excluding carboxylic acids is 2. The lowest BCUT2D eigenvalue weighted by Crippen LogP contribution is -2.60. The zero-order chi connectivity index (χ0) is 12.6. The van der Waals surface area contributed by atoms with Gasteiger partial charge in [0.05, 0.1) is 0 Å². The van der Waals surface area contributed by atoms with E-state index in [1.165, 1.54) is 0 Å². The Hall–Kier alpha value is -1.27. The molecule has 7 heteroatoms. The maximum absolute atomic E-state index is 12.6. The van der Waals surface area contributed by atoms with Crippen molar-refractivity contribution in [2.24, 2.45) is 5.92 Å². The van der Waals surface area contributed by atoms with Crippen molar-refractivity contribution in [3.05, 3.63) is 0 Å². The maximum Gasteiger partial charge on any atom is 0.402 e. The van der Waals surface area contributed by atoms with Crippen molar-refractivity contribution in [3.8, 4) is 0 Å². The number of nitrogens with one attached hydrogen (secondary N) is 1. The van der Waals surface area contributed by atoms with Crippen LogP contribution >= 0.6 is 0 Å². The molecule has 1 aliphatic heterocycles. The van der Waals surface area contributed by atoms with Crippen LogP contribution in [0.2, 0.25) is 0 Å². The highest BCUT2D eigenvalue weighted by atomic mass is 19.4. The molecule has 0 aromatic rings. The molecule has 0 aromatic carbocycles. The van der Waals surface area contributed by atoms with Crippen LogP contribution in [0.25, 0.3) is 0 Å². The molecule has 3 amide bonds. The number of amides is 3. The van der Waals surface area contributed by atoms with E-state index in [2.05, 4.69) is 0 Å². The summed E-state index contributed by atoms with van der Waals surface area (Å²) in [6, 6.07) is -0.852. The first-order valence-corrected chi connectivity index (χ1v) is 5.58. The third-order valence-corrected chi connectivity index (χ3v) is 3.35. The zero-order valence-electron chi connectivity index (χ0n) is 9.09. The predicted octanol–water partition coefficient (Wildman–Crippen LogP) is 1.66. The first-order valence-electron chi connectivity index (χ1n) is 5.58. The summed E-state index contributed by atoms with van der Waals surface area (Å²) in [5, 5.41) is 1.79. The number of carbonyl (C=O) groups is 2. The van der Waals surface area contributed by atoms with Crippen LogP contribution in [0.3, 0.4) is 0 Å². The molecule has 17 heavy (non-hydrogen) atoms. The molecule has 2 fully saturated rings. The SMILES string of the molecule is O=C1NC(=O)N(C2CCCC2)CC1C(F)(F)F. The van der Waals surface area contributed by atoms with Crippen LogP contribution < -0.4 is 5.32 Å². The minimum Gasteiger partial charge on any atom is -0.320 e. The van der Waals surface area contributed by atoms with Crippen molar-refractivity contribution in [3.63, 3.8) is 0 Å². The summed E-state index contributed by atoms with van der Waals surface area (Å²) in [5.74, 6) is -3.34. The van der Waals surface area contributed by atoms with Gasteiger partial charge in [-0.15, -0.1) is 0 Å². The van der Waals surface area contributed by atoms with Gasteiger partial charge in [0.2, 0.25) is 5.91 Å². The normalized spacial score (nSPS) is 27.5. The van der Waals surface area contributed by atoms with Crippen LogP contribution in [0.1, 0.15) is 25.7 Å². The Morgan fingerprint density at radius 2 is 1.76 bits per heavy atom. The number of rotatable bonds is 1. The molecule has 1 saturated carbocycles. The Morgan fingerprint density at radius 3 is 2.29 bits per heavy atom. The van der Waals surface area contributed by atoms with Crippen molar-refractivity contribution in [2.75, 3.05) is 6.54 Å². The fourth-order valence-corrected chi connectivity index (χ4v) is 2.41. The minimum absolute atomic E-state index is 0.159. The van der Waals surface area contributed by atoms with Gasteiger partial charge in [-0.25, -0.2) is 4.79 Å². The molecule has 0 bridgehead atoms. The molecule has 2 rings (SSSR count). The lowest BCUT2D eigenvalue weighted by molar-refractivity contribution is -0.187. The Bertz CT molecular complexity index is 337. The van der Waals surface area contributed by atoms with Gasteiger partial charge >= 0.3 is 12.2 Å². The Balaban J connectivity index is 2.12.